The van der Waals surface area contributed by atoms with Gasteiger partial charge >= 0.3 is 0 Å². The van der Waals surface area contributed by atoms with Crippen LogP contribution in [0.5, 0.6) is 5.75 Å². The van der Waals surface area contributed by atoms with Crippen molar-refractivity contribution >= 4 is 11.6 Å². The van der Waals surface area contributed by atoms with Gasteiger partial charge < -0.3 is 10.1 Å². The third kappa shape index (κ3) is 2.65. The van der Waals surface area contributed by atoms with Crippen LogP contribution in [-0.2, 0) is 0 Å². The van der Waals surface area contributed by atoms with Gasteiger partial charge in [0.2, 0.25) is 0 Å². The van der Waals surface area contributed by atoms with E-state index in [9.17, 15) is 0 Å². The largest absolute Gasteiger partial charge is 0.496 e. The minimum absolute atomic E-state index is 0.563. The summed E-state index contributed by atoms with van der Waals surface area (Å²) in [5.74, 6) is 1.56. The number of ether oxygens (including phenoxy) is 1. The lowest BCUT2D eigenvalue weighted by Crippen LogP contribution is -2.14. The molecular formula is C15H22ClNO. The molecule has 1 aliphatic heterocycles. The van der Waals surface area contributed by atoms with Gasteiger partial charge in [-0.1, -0.05) is 11.6 Å². The second kappa shape index (κ2) is 5.94. The number of hydrogen-bond donors (Lipinski definition) is 1. The first-order valence-corrected chi connectivity index (χ1v) is 7.07. The summed E-state index contributed by atoms with van der Waals surface area (Å²) < 4.78 is 5.58. The molecule has 3 heteroatoms. The van der Waals surface area contributed by atoms with Crippen molar-refractivity contribution in [3.05, 3.63) is 27.8 Å². The van der Waals surface area contributed by atoms with Crippen molar-refractivity contribution < 1.29 is 4.74 Å². The van der Waals surface area contributed by atoms with Crippen LogP contribution in [0.15, 0.2) is 6.07 Å². The van der Waals surface area contributed by atoms with Crippen molar-refractivity contribution in [1.82, 2.24) is 5.32 Å². The predicted molar refractivity (Wildman–Crippen MR) is 76.9 cm³/mol. The van der Waals surface area contributed by atoms with E-state index in [1.807, 2.05) is 6.92 Å². The molecule has 100 valence electrons. The van der Waals surface area contributed by atoms with E-state index in [2.05, 4.69) is 18.3 Å². The van der Waals surface area contributed by atoms with Crippen molar-refractivity contribution in [2.75, 3.05) is 20.2 Å². The van der Waals surface area contributed by atoms with Crippen LogP contribution in [0.2, 0.25) is 5.02 Å². The average molecular weight is 268 g/mol. The number of nitrogens with one attached hydrogen (secondary N) is 1. The summed E-state index contributed by atoms with van der Waals surface area (Å²) in [5, 5.41) is 4.35. The number of rotatable bonds is 2. The zero-order valence-corrected chi connectivity index (χ0v) is 12.2. The minimum Gasteiger partial charge on any atom is -0.496 e. The highest BCUT2D eigenvalue weighted by atomic mass is 35.5. The van der Waals surface area contributed by atoms with E-state index in [-0.39, 0.29) is 0 Å². The van der Waals surface area contributed by atoms with Crippen molar-refractivity contribution in [2.24, 2.45) is 0 Å². The van der Waals surface area contributed by atoms with Gasteiger partial charge in [0.25, 0.3) is 0 Å². The van der Waals surface area contributed by atoms with Gasteiger partial charge in [0.05, 0.1) is 7.11 Å². The lowest BCUT2D eigenvalue weighted by Gasteiger charge is -2.22. The highest BCUT2D eigenvalue weighted by Gasteiger charge is 2.22. The molecule has 1 aliphatic rings. The summed E-state index contributed by atoms with van der Waals surface area (Å²) in [6.45, 7) is 6.36. The van der Waals surface area contributed by atoms with E-state index in [4.69, 9.17) is 16.3 Å². The van der Waals surface area contributed by atoms with Crippen LogP contribution in [0, 0.1) is 13.8 Å². The molecule has 0 bridgehead atoms. The van der Waals surface area contributed by atoms with Gasteiger partial charge in [0.1, 0.15) is 5.75 Å². The summed E-state index contributed by atoms with van der Waals surface area (Å²) in [5.41, 5.74) is 3.61. The SMILES string of the molecule is COc1cc(C)c(Cl)c(C)c1C1CCCNCC1. The highest BCUT2D eigenvalue weighted by Crippen LogP contribution is 2.39. The standard InChI is InChI=1S/C15H22ClNO/c1-10-9-13(18-3)14(11(2)15(10)16)12-5-4-7-17-8-6-12/h9,12,17H,4-8H2,1-3H3. The van der Waals surface area contributed by atoms with E-state index >= 15 is 0 Å². The Morgan fingerprint density at radius 2 is 2.06 bits per heavy atom. The third-order valence-electron chi connectivity index (χ3n) is 3.90. The smallest absolute Gasteiger partial charge is 0.122 e. The normalized spacial score (nSPS) is 20.6. The highest BCUT2D eigenvalue weighted by molar-refractivity contribution is 6.32. The van der Waals surface area contributed by atoms with Crippen LogP contribution < -0.4 is 10.1 Å². The van der Waals surface area contributed by atoms with E-state index in [1.165, 1.54) is 24.0 Å². The summed E-state index contributed by atoms with van der Waals surface area (Å²) in [7, 11) is 1.75. The molecule has 0 aliphatic carbocycles. The zero-order valence-electron chi connectivity index (χ0n) is 11.5. The fourth-order valence-corrected chi connectivity index (χ4v) is 3.08. The fourth-order valence-electron chi connectivity index (χ4n) is 2.92. The molecule has 0 amide bonds. The number of halogens is 1. The molecule has 1 aromatic carbocycles. The summed E-state index contributed by atoms with van der Waals surface area (Å²) in [6, 6.07) is 2.07. The Hall–Kier alpha value is -0.730. The van der Waals surface area contributed by atoms with Gasteiger partial charge in [-0.15, -0.1) is 0 Å². The molecule has 2 rings (SSSR count). The molecular weight excluding hydrogens is 246 g/mol. The van der Waals surface area contributed by atoms with Gasteiger partial charge in [0.15, 0.2) is 0 Å². The lowest BCUT2D eigenvalue weighted by molar-refractivity contribution is 0.401. The molecule has 1 unspecified atom stereocenters. The van der Waals surface area contributed by atoms with Crippen LogP contribution in [0.1, 0.15) is 41.9 Å². The quantitative estimate of drug-likeness (QED) is 0.880. The van der Waals surface area contributed by atoms with Crippen molar-refractivity contribution in [2.45, 2.75) is 39.0 Å². The monoisotopic (exact) mass is 267 g/mol. The molecule has 0 aromatic heterocycles. The third-order valence-corrected chi connectivity index (χ3v) is 4.48. The van der Waals surface area contributed by atoms with E-state index in [1.54, 1.807) is 7.11 Å². The summed E-state index contributed by atoms with van der Waals surface area (Å²) in [6.07, 6.45) is 3.60. The van der Waals surface area contributed by atoms with Crippen LogP contribution in [0.4, 0.5) is 0 Å². The lowest BCUT2D eigenvalue weighted by atomic mass is 9.87. The Bertz CT molecular complexity index is 423. The van der Waals surface area contributed by atoms with Crippen LogP contribution in [0.25, 0.3) is 0 Å². The number of aryl methyl sites for hydroxylation is 1. The number of methoxy groups -OCH3 is 1. The first-order valence-electron chi connectivity index (χ1n) is 6.69. The Labute approximate surface area is 115 Å². The van der Waals surface area contributed by atoms with Crippen molar-refractivity contribution in [3.8, 4) is 5.75 Å². The molecule has 0 radical (unpaired) electrons. The van der Waals surface area contributed by atoms with Gasteiger partial charge in [-0.25, -0.2) is 0 Å². The molecule has 1 saturated heterocycles. The molecule has 1 heterocycles. The Kier molecular flexibility index (Phi) is 4.52. The van der Waals surface area contributed by atoms with E-state index in [0.717, 1.165) is 35.8 Å². The van der Waals surface area contributed by atoms with Crippen molar-refractivity contribution in [3.63, 3.8) is 0 Å². The van der Waals surface area contributed by atoms with Gasteiger partial charge in [-0.05, 0) is 69.3 Å². The van der Waals surface area contributed by atoms with Crippen LogP contribution >= 0.6 is 11.6 Å². The topological polar surface area (TPSA) is 21.3 Å². The molecule has 0 saturated carbocycles. The molecule has 18 heavy (non-hydrogen) atoms. The minimum atomic E-state index is 0.563. The van der Waals surface area contributed by atoms with Crippen LogP contribution in [0.3, 0.4) is 0 Å². The predicted octanol–water partition coefficient (Wildman–Crippen LogP) is 3.82. The Balaban J connectivity index is 2.43. The van der Waals surface area contributed by atoms with Gasteiger partial charge in [0, 0.05) is 10.6 Å². The molecule has 2 nitrogen and oxygen atoms in total. The van der Waals surface area contributed by atoms with E-state index < -0.39 is 0 Å². The molecule has 0 spiro atoms. The summed E-state index contributed by atoms with van der Waals surface area (Å²) in [4.78, 5) is 0. The maximum absolute atomic E-state index is 6.40. The molecule has 1 N–H and O–H groups in total. The average Bonchev–Trinajstić information content (AvgIpc) is 2.64. The first kappa shape index (κ1) is 13.7. The first-order chi connectivity index (χ1) is 8.65. The van der Waals surface area contributed by atoms with Gasteiger partial charge in [-0.3, -0.25) is 0 Å². The Morgan fingerprint density at radius 1 is 1.28 bits per heavy atom. The maximum atomic E-state index is 6.40. The number of hydrogen-bond acceptors (Lipinski definition) is 2. The fraction of sp³-hybridized carbons (Fsp3) is 0.600. The van der Waals surface area contributed by atoms with E-state index in [0.29, 0.717) is 5.92 Å². The number of benzene rings is 1. The zero-order chi connectivity index (χ0) is 13.1. The van der Waals surface area contributed by atoms with Gasteiger partial charge in [-0.2, -0.15) is 0 Å². The maximum Gasteiger partial charge on any atom is 0.122 e. The molecule has 1 aromatic rings. The van der Waals surface area contributed by atoms with Crippen LogP contribution in [-0.4, -0.2) is 20.2 Å². The second-order valence-corrected chi connectivity index (χ2v) is 5.50. The van der Waals surface area contributed by atoms with Crippen molar-refractivity contribution in [1.29, 1.82) is 0 Å². The summed E-state index contributed by atoms with van der Waals surface area (Å²) >= 11 is 6.40. The molecule has 1 fully saturated rings. The molecule has 1 atom stereocenters. The Morgan fingerprint density at radius 3 is 2.78 bits per heavy atom. The second-order valence-electron chi connectivity index (χ2n) is 5.13.